The molecule has 0 atom stereocenters. The zero-order chi connectivity index (χ0) is 22.8. The number of thiazole rings is 1. The molecule has 1 aliphatic heterocycles. The van der Waals surface area contributed by atoms with Gasteiger partial charge in [-0.25, -0.2) is 4.98 Å². The van der Waals surface area contributed by atoms with Crippen LogP contribution in [0.5, 0.6) is 23.0 Å². The number of methoxy groups -OCH3 is 2. The van der Waals surface area contributed by atoms with E-state index in [2.05, 4.69) is 10.3 Å². The molecule has 3 aromatic carbocycles. The number of rotatable bonds is 6. The lowest BCUT2D eigenvalue weighted by molar-refractivity contribution is -0.111. The van der Waals surface area contributed by atoms with Crippen molar-refractivity contribution in [3.8, 4) is 23.0 Å². The summed E-state index contributed by atoms with van der Waals surface area (Å²) in [5.41, 5.74) is 2.83. The maximum atomic E-state index is 13.4. The fraction of sp³-hybridized carbons (Fsp3) is 0.120. The summed E-state index contributed by atoms with van der Waals surface area (Å²) in [6, 6.07) is 18.5. The van der Waals surface area contributed by atoms with Crippen molar-refractivity contribution in [1.29, 1.82) is 0 Å². The monoisotopic (exact) mass is 460 g/mol. The van der Waals surface area contributed by atoms with E-state index in [-0.39, 0.29) is 12.7 Å². The molecule has 0 radical (unpaired) electrons. The molecule has 1 aromatic heterocycles. The second-order valence-electron chi connectivity index (χ2n) is 7.21. The quantitative estimate of drug-likeness (QED) is 0.314. The van der Waals surface area contributed by atoms with Gasteiger partial charge in [-0.1, -0.05) is 29.5 Å². The Bertz CT molecular complexity index is 1360. The largest absolute Gasteiger partial charge is 0.497 e. The topological polar surface area (TPSA) is 78.9 Å². The zero-order valence-electron chi connectivity index (χ0n) is 18.0. The van der Waals surface area contributed by atoms with E-state index in [1.54, 1.807) is 14.2 Å². The first-order valence-corrected chi connectivity index (χ1v) is 11.0. The van der Waals surface area contributed by atoms with Crippen molar-refractivity contribution < 1.29 is 23.7 Å². The molecular weight excluding hydrogens is 440 g/mol. The second kappa shape index (κ2) is 8.84. The number of amides is 1. The van der Waals surface area contributed by atoms with E-state index >= 15 is 0 Å². The van der Waals surface area contributed by atoms with Crippen LogP contribution in [0.2, 0.25) is 0 Å². The van der Waals surface area contributed by atoms with Crippen molar-refractivity contribution in [3.63, 3.8) is 0 Å². The van der Waals surface area contributed by atoms with Crippen LogP contribution in [-0.4, -0.2) is 31.9 Å². The Kier molecular flexibility index (Phi) is 5.58. The van der Waals surface area contributed by atoms with Gasteiger partial charge in [0.2, 0.25) is 6.79 Å². The second-order valence-corrected chi connectivity index (χ2v) is 8.24. The molecule has 8 heteroatoms. The minimum absolute atomic E-state index is 0.191. The first kappa shape index (κ1) is 20.8. The standard InChI is InChI=1S/C25H20N2O5S/c1-29-17-6-4-16(5-7-17)19(11-15-3-10-21-22(12-15)32-14-31-21)24(28)27-25-26-20-9-8-18(30-2)13-23(20)33-25/h3-13H,14H2,1-2H3,(H,26,27,28)/b19-11+. The maximum Gasteiger partial charge on any atom is 0.258 e. The van der Waals surface area contributed by atoms with E-state index in [1.165, 1.54) is 11.3 Å². The van der Waals surface area contributed by atoms with Crippen LogP contribution in [0.4, 0.5) is 5.13 Å². The number of hydrogen-bond acceptors (Lipinski definition) is 7. The van der Waals surface area contributed by atoms with Crippen molar-refractivity contribution in [3.05, 3.63) is 71.8 Å². The van der Waals surface area contributed by atoms with Gasteiger partial charge in [0.05, 0.1) is 24.4 Å². The number of ether oxygens (including phenoxy) is 4. The Morgan fingerprint density at radius 1 is 0.970 bits per heavy atom. The molecule has 0 spiro atoms. The molecule has 5 rings (SSSR count). The minimum Gasteiger partial charge on any atom is -0.497 e. The molecule has 2 heterocycles. The van der Waals surface area contributed by atoms with Crippen LogP contribution in [0.15, 0.2) is 60.7 Å². The summed E-state index contributed by atoms with van der Waals surface area (Å²) in [7, 11) is 3.22. The van der Waals surface area contributed by atoms with E-state index in [1.807, 2.05) is 66.7 Å². The molecule has 1 N–H and O–H groups in total. The van der Waals surface area contributed by atoms with Crippen LogP contribution in [0, 0.1) is 0 Å². The molecule has 33 heavy (non-hydrogen) atoms. The molecule has 4 aromatic rings. The summed E-state index contributed by atoms with van der Waals surface area (Å²) in [6.45, 7) is 0.191. The van der Waals surface area contributed by atoms with Crippen LogP contribution >= 0.6 is 11.3 Å². The van der Waals surface area contributed by atoms with Crippen LogP contribution in [-0.2, 0) is 4.79 Å². The molecule has 0 saturated heterocycles. The Labute approximate surface area is 194 Å². The van der Waals surface area contributed by atoms with E-state index < -0.39 is 0 Å². The van der Waals surface area contributed by atoms with Crippen LogP contribution in [0.25, 0.3) is 21.9 Å². The predicted octanol–water partition coefficient (Wildman–Crippen LogP) is 5.22. The van der Waals surface area contributed by atoms with Crippen molar-refractivity contribution in [1.82, 2.24) is 4.98 Å². The third kappa shape index (κ3) is 4.33. The van der Waals surface area contributed by atoms with Gasteiger partial charge >= 0.3 is 0 Å². The molecule has 1 aliphatic rings. The van der Waals surface area contributed by atoms with Crippen LogP contribution in [0.1, 0.15) is 11.1 Å². The molecule has 0 unspecified atom stereocenters. The number of aromatic nitrogens is 1. The molecule has 0 saturated carbocycles. The fourth-order valence-corrected chi connectivity index (χ4v) is 4.36. The summed E-state index contributed by atoms with van der Waals surface area (Å²) in [4.78, 5) is 17.9. The normalized spacial score (nSPS) is 12.6. The van der Waals surface area contributed by atoms with Gasteiger partial charge in [0, 0.05) is 5.57 Å². The highest BCUT2D eigenvalue weighted by molar-refractivity contribution is 7.22. The lowest BCUT2D eigenvalue weighted by atomic mass is 10.0. The number of carbonyl (C=O) groups excluding carboxylic acids is 1. The maximum absolute atomic E-state index is 13.4. The van der Waals surface area contributed by atoms with Gasteiger partial charge in [-0.2, -0.15) is 0 Å². The zero-order valence-corrected chi connectivity index (χ0v) is 18.8. The number of hydrogen-bond donors (Lipinski definition) is 1. The Hall–Kier alpha value is -4.04. The van der Waals surface area contributed by atoms with Crippen molar-refractivity contribution in [2.45, 2.75) is 0 Å². The van der Waals surface area contributed by atoms with E-state index in [9.17, 15) is 4.79 Å². The predicted molar refractivity (Wildman–Crippen MR) is 128 cm³/mol. The Morgan fingerprint density at radius 3 is 2.52 bits per heavy atom. The first-order valence-electron chi connectivity index (χ1n) is 10.1. The van der Waals surface area contributed by atoms with Gasteiger partial charge in [0.25, 0.3) is 5.91 Å². The van der Waals surface area contributed by atoms with Crippen LogP contribution in [0.3, 0.4) is 0 Å². The molecule has 0 bridgehead atoms. The number of nitrogens with zero attached hydrogens (tertiary/aromatic N) is 1. The number of carbonyl (C=O) groups is 1. The molecule has 166 valence electrons. The van der Waals surface area contributed by atoms with E-state index in [0.29, 0.717) is 28.0 Å². The Balaban J connectivity index is 1.49. The third-order valence-electron chi connectivity index (χ3n) is 5.17. The van der Waals surface area contributed by atoms with Gasteiger partial charge in [0.15, 0.2) is 16.6 Å². The summed E-state index contributed by atoms with van der Waals surface area (Å²) in [5.74, 6) is 2.52. The highest BCUT2D eigenvalue weighted by Crippen LogP contribution is 2.34. The van der Waals surface area contributed by atoms with Gasteiger partial charge in [-0.15, -0.1) is 0 Å². The summed E-state index contributed by atoms with van der Waals surface area (Å²) in [6.07, 6.45) is 1.81. The SMILES string of the molecule is COc1ccc(/C(=C\c2ccc3c(c2)OCO3)C(=O)Nc2nc3ccc(OC)cc3s2)cc1. The van der Waals surface area contributed by atoms with Crippen molar-refractivity contribution >= 4 is 44.2 Å². The van der Waals surface area contributed by atoms with Gasteiger partial charge in [-0.05, 0) is 59.7 Å². The van der Waals surface area contributed by atoms with Crippen molar-refractivity contribution in [2.75, 3.05) is 26.3 Å². The lowest BCUT2D eigenvalue weighted by Crippen LogP contribution is -2.13. The van der Waals surface area contributed by atoms with E-state index in [0.717, 1.165) is 27.1 Å². The minimum atomic E-state index is -0.274. The molecule has 7 nitrogen and oxygen atoms in total. The Morgan fingerprint density at radius 2 is 1.73 bits per heavy atom. The third-order valence-corrected chi connectivity index (χ3v) is 6.10. The van der Waals surface area contributed by atoms with Crippen molar-refractivity contribution in [2.24, 2.45) is 0 Å². The molecule has 0 fully saturated rings. The number of nitrogens with one attached hydrogen (secondary N) is 1. The average Bonchev–Trinajstić information content (AvgIpc) is 3.47. The summed E-state index contributed by atoms with van der Waals surface area (Å²) >= 11 is 1.39. The van der Waals surface area contributed by atoms with Gasteiger partial charge in [0.1, 0.15) is 11.5 Å². The molecule has 0 aliphatic carbocycles. The lowest BCUT2D eigenvalue weighted by Gasteiger charge is -2.09. The first-order chi connectivity index (χ1) is 16.1. The number of anilines is 1. The summed E-state index contributed by atoms with van der Waals surface area (Å²) < 4.78 is 22.3. The van der Waals surface area contributed by atoms with Gasteiger partial charge < -0.3 is 18.9 Å². The molecular formula is C25H20N2O5S. The highest BCUT2D eigenvalue weighted by atomic mass is 32.1. The highest BCUT2D eigenvalue weighted by Gasteiger charge is 2.17. The number of fused-ring (bicyclic) bond motifs is 2. The fourth-order valence-electron chi connectivity index (χ4n) is 3.47. The number of benzene rings is 3. The summed E-state index contributed by atoms with van der Waals surface area (Å²) in [5, 5.41) is 3.45. The average molecular weight is 461 g/mol. The smallest absolute Gasteiger partial charge is 0.258 e. The van der Waals surface area contributed by atoms with Gasteiger partial charge in [-0.3, -0.25) is 10.1 Å². The molecule has 1 amide bonds. The van der Waals surface area contributed by atoms with Crippen LogP contribution < -0.4 is 24.3 Å². The van der Waals surface area contributed by atoms with E-state index in [4.69, 9.17) is 18.9 Å².